The fraction of sp³-hybridized carbons (Fsp3) is 0.552. The zero-order chi connectivity index (χ0) is 24.9. The maximum Gasteiger partial charge on any atom is 0.407 e. The highest BCUT2D eigenvalue weighted by molar-refractivity contribution is 5.76. The third-order valence-corrected chi connectivity index (χ3v) is 8.29. The molecular weight excluding hydrogens is 440 g/mol. The summed E-state index contributed by atoms with van der Waals surface area (Å²) in [4.78, 5) is 15.4. The summed E-state index contributed by atoms with van der Waals surface area (Å²) >= 11 is 0. The summed E-state index contributed by atoms with van der Waals surface area (Å²) in [6.45, 7) is 11.7. The highest BCUT2D eigenvalue weighted by atomic mass is 16.6. The zero-order valence-electron chi connectivity index (χ0n) is 21.9. The lowest BCUT2D eigenvalue weighted by Gasteiger charge is -2.44. The summed E-state index contributed by atoms with van der Waals surface area (Å²) in [6, 6.07) is 8.51. The molecule has 1 aliphatic carbocycles. The molecule has 3 fully saturated rings. The van der Waals surface area contributed by atoms with Crippen LogP contribution in [0.2, 0.25) is 0 Å². The molecule has 2 atom stereocenters. The average Bonchev–Trinajstić information content (AvgIpc) is 3.07. The quantitative estimate of drug-likeness (QED) is 0.621. The van der Waals surface area contributed by atoms with E-state index in [1.165, 1.54) is 5.56 Å². The van der Waals surface area contributed by atoms with Crippen molar-refractivity contribution in [2.45, 2.75) is 59.1 Å². The van der Waals surface area contributed by atoms with Gasteiger partial charge in [-0.1, -0.05) is 13.8 Å². The van der Waals surface area contributed by atoms with E-state index in [1.54, 1.807) is 14.2 Å². The molecule has 3 aliphatic heterocycles. The van der Waals surface area contributed by atoms with Crippen LogP contribution in [0.5, 0.6) is 11.5 Å². The van der Waals surface area contributed by atoms with Crippen molar-refractivity contribution >= 4 is 6.09 Å². The van der Waals surface area contributed by atoms with Gasteiger partial charge < -0.3 is 19.5 Å². The molecule has 4 aliphatic rings. The van der Waals surface area contributed by atoms with Gasteiger partial charge in [0, 0.05) is 12.1 Å². The van der Waals surface area contributed by atoms with Crippen molar-refractivity contribution in [3.05, 3.63) is 46.5 Å². The summed E-state index contributed by atoms with van der Waals surface area (Å²) in [7, 11) is 3.42. The number of carbonyl (C=O) groups excluding carboxylic acids is 1. The number of hydrogen-bond acceptors (Lipinski definition) is 5. The molecule has 1 amide bonds. The van der Waals surface area contributed by atoms with Gasteiger partial charge in [-0.05, 0) is 110 Å². The number of benzene rings is 2. The predicted molar refractivity (Wildman–Crippen MR) is 137 cm³/mol. The molecule has 6 rings (SSSR count). The fourth-order valence-electron chi connectivity index (χ4n) is 6.51. The summed E-state index contributed by atoms with van der Waals surface area (Å²) in [6.07, 6.45) is 2.82. The SMILES string of the molecule is COc1cc2c(cc1-c1cc(C)c(OC)c(C)c1)CC(C)(C)C2NC(=O)O[C@@H]1CN2CCC1CC2. The number of nitrogens with one attached hydrogen (secondary N) is 1. The Balaban J connectivity index is 1.42. The molecule has 0 radical (unpaired) electrons. The number of hydrogen-bond donors (Lipinski definition) is 1. The van der Waals surface area contributed by atoms with Crippen LogP contribution in [0.25, 0.3) is 11.1 Å². The van der Waals surface area contributed by atoms with Gasteiger partial charge in [0.15, 0.2) is 0 Å². The second-order valence-corrected chi connectivity index (χ2v) is 11.2. The number of methoxy groups -OCH3 is 2. The van der Waals surface area contributed by atoms with Crippen molar-refractivity contribution < 1.29 is 19.0 Å². The standard InChI is InChI=1S/C29H38N2O4/c1-17-11-20(12-18(2)26(17)34-6)22-13-21-15-29(3,4)27(23(21)14-24(22)33-5)30-28(32)35-25-16-31-9-7-19(25)8-10-31/h11-14,19,25,27H,7-10,15-16H2,1-6H3,(H,30,32)/t25-,27?/m1/s1. The van der Waals surface area contributed by atoms with E-state index in [-0.39, 0.29) is 23.7 Å². The highest BCUT2D eigenvalue weighted by Crippen LogP contribution is 2.49. The first-order valence-corrected chi connectivity index (χ1v) is 12.8. The first-order valence-electron chi connectivity index (χ1n) is 12.8. The van der Waals surface area contributed by atoms with E-state index in [9.17, 15) is 4.79 Å². The minimum Gasteiger partial charge on any atom is -0.496 e. The number of ether oxygens (including phenoxy) is 3. The van der Waals surface area contributed by atoms with E-state index in [4.69, 9.17) is 14.2 Å². The number of nitrogens with zero attached hydrogens (tertiary/aromatic N) is 1. The number of piperidine rings is 3. The van der Waals surface area contributed by atoms with E-state index < -0.39 is 0 Å². The monoisotopic (exact) mass is 478 g/mol. The van der Waals surface area contributed by atoms with Crippen molar-refractivity contribution in [3.8, 4) is 22.6 Å². The van der Waals surface area contributed by atoms with Crippen LogP contribution in [-0.2, 0) is 11.2 Å². The maximum absolute atomic E-state index is 13.0. The van der Waals surface area contributed by atoms with E-state index in [0.717, 1.165) is 78.2 Å². The molecule has 6 nitrogen and oxygen atoms in total. The zero-order valence-corrected chi connectivity index (χ0v) is 21.9. The molecule has 0 spiro atoms. The Labute approximate surface area is 208 Å². The van der Waals surface area contributed by atoms with Crippen LogP contribution in [0, 0.1) is 25.2 Å². The molecule has 1 unspecified atom stereocenters. The number of fused-ring (bicyclic) bond motifs is 4. The smallest absolute Gasteiger partial charge is 0.407 e. The molecule has 3 saturated heterocycles. The van der Waals surface area contributed by atoms with Crippen molar-refractivity contribution in [2.24, 2.45) is 11.3 Å². The summed E-state index contributed by atoms with van der Waals surface area (Å²) in [5, 5.41) is 3.22. The summed E-state index contributed by atoms with van der Waals surface area (Å²) in [5.74, 6) is 2.22. The molecule has 3 heterocycles. The molecule has 35 heavy (non-hydrogen) atoms. The van der Waals surface area contributed by atoms with Crippen molar-refractivity contribution in [3.63, 3.8) is 0 Å². The second kappa shape index (κ2) is 9.05. The van der Waals surface area contributed by atoms with Crippen LogP contribution in [-0.4, -0.2) is 51.0 Å². The Hall–Kier alpha value is -2.73. The van der Waals surface area contributed by atoms with E-state index >= 15 is 0 Å². The lowest BCUT2D eigenvalue weighted by atomic mass is 9.85. The molecule has 0 saturated carbocycles. The van der Waals surface area contributed by atoms with Gasteiger partial charge in [0.2, 0.25) is 0 Å². The second-order valence-electron chi connectivity index (χ2n) is 11.2. The van der Waals surface area contributed by atoms with Gasteiger partial charge in [0.1, 0.15) is 17.6 Å². The van der Waals surface area contributed by atoms with Crippen LogP contribution >= 0.6 is 0 Å². The van der Waals surface area contributed by atoms with Crippen LogP contribution in [0.1, 0.15) is 55.0 Å². The minimum absolute atomic E-state index is 0.0000471. The Bertz CT molecular complexity index is 1110. The predicted octanol–water partition coefficient (Wildman–Crippen LogP) is 5.43. The van der Waals surface area contributed by atoms with Gasteiger partial charge >= 0.3 is 6.09 Å². The third-order valence-electron chi connectivity index (χ3n) is 8.29. The van der Waals surface area contributed by atoms with Gasteiger partial charge in [-0.15, -0.1) is 0 Å². The normalized spacial score (nSPS) is 26.2. The number of alkyl carbamates (subject to hydrolysis) is 1. The van der Waals surface area contributed by atoms with E-state index in [0.29, 0.717) is 5.92 Å². The molecular formula is C29H38N2O4. The lowest BCUT2D eigenvalue weighted by Crippen LogP contribution is -2.53. The molecule has 1 N–H and O–H groups in total. The lowest BCUT2D eigenvalue weighted by molar-refractivity contribution is -0.0349. The maximum atomic E-state index is 13.0. The fourth-order valence-corrected chi connectivity index (χ4v) is 6.51. The third kappa shape index (κ3) is 4.37. The molecule has 2 aromatic rings. The van der Waals surface area contributed by atoms with Crippen molar-refractivity contribution in [1.29, 1.82) is 0 Å². The van der Waals surface area contributed by atoms with Gasteiger partial charge in [0.05, 0.1) is 20.3 Å². The van der Waals surface area contributed by atoms with Crippen molar-refractivity contribution in [1.82, 2.24) is 10.2 Å². The number of amides is 1. The molecule has 2 aromatic carbocycles. The number of aryl methyl sites for hydroxylation is 2. The Kier molecular flexibility index (Phi) is 6.20. The van der Waals surface area contributed by atoms with E-state index in [1.807, 2.05) is 0 Å². The highest BCUT2D eigenvalue weighted by Gasteiger charge is 2.42. The van der Waals surface area contributed by atoms with Crippen molar-refractivity contribution in [2.75, 3.05) is 33.9 Å². The summed E-state index contributed by atoms with van der Waals surface area (Å²) < 4.78 is 17.4. The van der Waals surface area contributed by atoms with E-state index in [2.05, 4.69) is 62.2 Å². The summed E-state index contributed by atoms with van der Waals surface area (Å²) in [5.41, 5.74) is 6.59. The van der Waals surface area contributed by atoms with Crippen LogP contribution in [0.15, 0.2) is 24.3 Å². The number of rotatable bonds is 5. The van der Waals surface area contributed by atoms with Gasteiger partial charge in [-0.25, -0.2) is 4.79 Å². The van der Waals surface area contributed by atoms with Crippen LogP contribution in [0.4, 0.5) is 4.79 Å². The molecule has 2 bridgehead atoms. The topological polar surface area (TPSA) is 60.0 Å². The van der Waals surface area contributed by atoms with Gasteiger partial charge in [-0.2, -0.15) is 0 Å². The first-order chi connectivity index (χ1) is 16.7. The van der Waals surface area contributed by atoms with Crippen LogP contribution < -0.4 is 14.8 Å². The van der Waals surface area contributed by atoms with Gasteiger partial charge in [0.25, 0.3) is 0 Å². The first kappa shape index (κ1) is 24.0. The number of carbonyl (C=O) groups is 1. The van der Waals surface area contributed by atoms with Crippen LogP contribution in [0.3, 0.4) is 0 Å². The average molecular weight is 479 g/mol. The minimum atomic E-state index is -0.306. The van der Waals surface area contributed by atoms with Gasteiger partial charge in [-0.3, -0.25) is 4.90 Å². The Morgan fingerprint density at radius 3 is 2.29 bits per heavy atom. The molecule has 6 heteroatoms. The molecule has 0 aromatic heterocycles. The molecule has 188 valence electrons. The Morgan fingerprint density at radius 1 is 1.03 bits per heavy atom. The Morgan fingerprint density at radius 2 is 1.71 bits per heavy atom. The largest absolute Gasteiger partial charge is 0.496 e.